The van der Waals surface area contributed by atoms with Crippen molar-refractivity contribution in [2.75, 3.05) is 11.9 Å². The van der Waals surface area contributed by atoms with Crippen molar-refractivity contribution in [3.05, 3.63) is 29.8 Å². The molecular formula is C15H22N2O4. The lowest BCUT2D eigenvalue weighted by atomic mass is 9.87. The van der Waals surface area contributed by atoms with Crippen LogP contribution in [0.1, 0.15) is 32.8 Å². The Morgan fingerprint density at radius 2 is 1.76 bits per heavy atom. The van der Waals surface area contributed by atoms with Crippen LogP contribution in [0.3, 0.4) is 0 Å². The predicted molar refractivity (Wildman–Crippen MR) is 80.4 cm³/mol. The van der Waals surface area contributed by atoms with Gasteiger partial charge in [0, 0.05) is 18.7 Å². The maximum absolute atomic E-state index is 11.6. The molecule has 6 heteroatoms. The summed E-state index contributed by atoms with van der Waals surface area (Å²) in [5.41, 5.74) is 1.87. The van der Waals surface area contributed by atoms with Gasteiger partial charge in [0.2, 0.25) is 0 Å². The van der Waals surface area contributed by atoms with Crippen molar-refractivity contribution in [2.45, 2.75) is 38.7 Å². The van der Waals surface area contributed by atoms with Gasteiger partial charge in [0.25, 0.3) is 0 Å². The Morgan fingerprint density at radius 3 is 2.24 bits per heavy atom. The van der Waals surface area contributed by atoms with Gasteiger partial charge in [-0.3, -0.25) is 0 Å². The molecule has 1 atom stereocenters. The molecule has 0 aliphatic carbocycles. The van der Waals surface area contributed by atoms with E-state index in [4.69, 9.17) is 10.2 Å². The maximum Gasteiger partial charge on any atom is 0.332 e. The lowest BCUT2D eigenvalue weighted by molar-refractivity contribution is -0.146. The number of urea groups is 1. The third-order valence-corrected chi connectivity index (χ3v) is 3.00. The van der Waals surface area contributed by atoms with Crippen LogP contribution in [0.5, 0.6) is 0 Å². The summed E-state index contributed by atoms with van der Waals surface area (Å²) < 4.78 is 0. The lowest BCUT2D eigenvalue weighted by Crippen LogP contribution is -2.33. The highest BCUT2D eigenvalue weighted by atomic mass is 16.4. The van der Waals surface area contributed by atoms with Crippen molar-refractivity contribution < 1.29 is 19.8 Å². The molecule has 0 heterocycles. The average Bonchev–Trinajstić information content (AvgIpc) is 2.38. The van der Waals surface area contributed by atoms with Gasteiger partial charge in [-0.1, -0.05) is 32.9 Å². The highest BCUT2D eigenvalue weighted by molar-refractivity contribution is 5.89. The topological polar surface area (TPSA) is 98.7 Å². The highest BCUT2D eigenvalue weighted by Crippen LogP contribution is 2.23. The van der Waals surface area contributed by atoms with Gasteiger partial charge in [-0.2, -0.15) is 0 Å². The van der Waals surface area contributed by atoms with E-state index in [1.54, 1.807) is 0 Å². The van der Waals surface area contributed by atoms with Crippen LogP contribution in [-0.4, -0.2) is 34.9 Å². The van der Waals surface area contributed by atoms with Gasteiger partial charge in [0.15, 0.2) is 6.10 Å². The van der Waals surface area contributed by atoms with Gasteiger partial charge in [0.1, 0.15) is 0 Å². The molecule has 0 radical (unpaired) electrons. The van der Waals surface area contributed by atoms with Gasteiger partial charge in [-0.05, 0) is 23.1 Å². The van der Waals surface area contributed by atoms with E-state index in [9.17, 15) is 9.59 Å². The molecule has 0 bridgehead atoms. The van der Waals surface area contributed by atoms with Gasteiger partial charge >= 0.3 is 12.0 Å². The second-order valence-electron chi connectivity index (χ2n) is 5.85. The molecule has 0 spiro atoms. The first-order chi connectivity index (χ1) is 9.70. The number of aliphatic hydroxyl groups is 1. The van der Waals surface area contributed by atoms with Crippen LogP contribution in [-0.2, 0) is 10.2 Å². The highest BCUT2D eigenvalue weighted by Gasteiger charge is 2.14. The van der Waals surface area contributed by atoms with Crippen LogP contribution in [0.15, 0.2) is 24.3 Å². The van der Waals surface area contributed by atoms with Crippen LogP contribution >= 0.6 is 0 Å². The number of amides is 2. The predicted octanol–water partition coefficient (Wildman–Crippen LogP) is 1.94. The number of benzene rings is 1. The van der Waals surface area contributed by atoms with E-state index >= 15 is 0 Å². The van der Waals surface area contributed by atoms with E-state index in [0.717, 1.165) is 5.56 Å². The SMILES string of the molecule is CC(C)(C)c1ccc(NC(=O)NCCC(O)C(=O)O)cc1. The van der Waals surface area contributed by atoms with E-state index in [2.05, 4.69) is 31.4 Å². The van der Waals surface area contributed by atoms with Crippen LogP contribution < -0.4 is 10.6 Å². The van der Waals surface area contributed by atoms with E-state index in [0.29, 0.717) is 5.69 Å². The molecule has 0 saturated heterocycles. The summed E-state index contributed by atoms with van der Waals surface area (Å²) in [6.07, 6.45) is -1.50. The zero-order valence-corrected chi connectivity index (χ0v) is 12.5. The summed E-state index contributed by atoms with van der Waals surface area (Å²) in [5.74, 6) is -1.30. The Balaban J connectivity index is 2.43. The Bertz CT molecular complexity index is 491. The van der Waals surface area contributed by atoms with Crippen molar-refractivity contribution in [3.8, 4) is 0 Å². The summed E-state index contributed by atoms with van der Waals surface area (Å²) in [4.78, 5) is 22.0. The number of anilines is 1. The van der Waals surface area contributed by atoms with Gasteiger partial charge in [0.05, 0.1) is 0 Å². The van der Waals surface area contributed by atoms with Crippen molar-refractivity contribution in [1.29, 1.82) is 0 Å². The average molecular weight is 294 g/mol. The minimum Gasteiger partial charge on any atom is -0.479 e. The number of carbonyl (C=O) groups excluding carboxylic acids is 1. The summed E-state index contributed by atoms with van der Waals surface area (Å²) in [5, 5.41) is 22.7. The first-order valence-corrected chi connectivity index (χ1v) is 6.76. The standard InChI is InChI=1S/C15H22N2O4/c1-15(2,3)10-4-6-11(7-5-10)17-14(21)16-9-8-12(18)13(19)20/h4-7,12,18H,8-9H2,1-3H3,(H,19,20)(H2,16,17,21). The molecule has 1 unspecified atom stereocenters. The van der Waals surface area contributed by atoms with Crippen LogP contribution in [0.4, 0.5) is 10.5 Å². The monoisotopic (exact) mass is 294 g/mol. The minimum absolute atomic E-state index is 0.0360. The molecule has 0 saturated carbocycles. The van der Waals surface area contributed by atoms with Crippen LogP contribution in [0.25, 0.3) is 0 Å². The smallest absolute Gasteiger partial charge is 0.332 e. The number of carboxylic acid groups (broad SMARTS) is 1. The fourth-order valence-corrected chi connectivity index (χ4v) is 1.67. The molecule has 1 rings (SSSR count). The number of aliphatic carboxylic acids is 1. The summed E-state index contributed by atoms with van der Waals surface area (Å²) in [7, 11) is 0. The molecule has 2 amide bonds. The van der Waals surface area contributed by atoms with Crippen molar-refractivity contribution in [1.82, 2.24) is 5.32 Å². The zero-order chi connectivity index (χ0) is 16.0. The number of hydrogen-bond acceptors (Lipinski definition) is 3. The fraction of sp³-hybridized carbons (Fsp3) is 0.467. The molecule has 1 aromatic rings. The molecule has 0 aliphatic heterocycles. The number of aliphatic hydroxyl groups excluding tert-OH is 1. The third-order valence-electron chi connectivity index (χ3n) is 3.00. The summed E-state index contributed by atoms with van der Waals surface area (Å²) in [6.45, 7) is 6.40. The summed E-state index contributed by atoms with van der Waals surface area (Å²) >= 11 is 0. The lowest BCUT2D eigenvalue weighted by Gasteiger charge is -2.19. The van der Waals surface area contributed by atoms with Gasteiger partial charge in [-0.15, -0.1) is 0 Å². The number of carbonyl (C=O) groups is 2. The summed E-state index contributed by atoms with van der Waals surface area (Å²) in [6, 6.07) is 7.09. The Kier molecular flexibility index (Phi) is 5.72. The molecule has 1 aromatic carbocycles. The molecule has 4 N–H and O–H groups in total. The van der Waals surface area contributed by atoms with E-state index < -0.39 is 18.1 Å². The zero-order valence-electron chi connectivity index (χ0n) is 12.5. The molecular weight excluding hydrogens is 272 g/mol. The first kappa shape index (κ1) is 17.0. The van der Waals surface area contributed by atoms with Crippen molar-refractivity contribution in [3.63, 3.8) is 0 Å². The largest absolute Gasteiger partial charge is 0.479 e. The van der Waals surface area contributed by atoms with E-state index in [-0.39, 0.29) is 18.4 Å². The quantitative estimate of drug-likeness (QED) is 0.667. The molecule has 0 fully saturated rings. The van der Waals surface area contributed by atoms with Gasteiger partial charge < -0.3 is 20.8 Å². The maximum atomic E-state index is 11.6. The fourth-order valence-electron chi connectivity index (χ4n) is 1.67. The van der Waals surface area contributed by atoms with Crippen molar-refractivity contribution >= 4 is 17.7 Å². The second-order valence-corrected chi connectivity index (χ2v) is 5.85. The Labute approximate surface area is 124 Å². The number of rotatable bonds is 5. The Hall–Kier alpha value is -2.08. The van der Waals surface area contributed by atoms with Crippen molar-refractivity contribution in [2.24, 2.45) is 0 Å². The second kappa shape index (κ2) is 7.08. The molecule has 0 aromatic heterocycles. The number of carboxylic acids is 1. The molecule has 21 heavy (non-hydrogen) atoms. The number of hydrogen-bond donors (Lipinski definition) is 4. The molecule has 6 nitrogen and oxygen atoms in total. The van der Waals surface area contributed by atoms with Crippen LogP contribution in [0, 0.1) is 0 Å². The van der Waals surface area contributed by atoms with Crippen LogP contribution in [0.2, 0.25) is 0 Å². The minimum atomic E-state index is -1.46. The normalized spacial score (nSPS) is 12.6. The van der Waals surface area contributed by atoms with E-state index in [1.165, 1.54) is 0 Å². The molecule has 0 aliphatic rings. The van der Waals surface area contributed by atoms with E-state index in [1.807, 2.05) is 24.3 Å². The molecule has 116 valence electrons. The number of nitrogens with one attached hydrogen (secondary N) is 2. The van der Waals surface area contributed by atoms with Gasteiger partial charge in [-0.25, -0.2) is 9.59 Å². The third kappa shape index (κ3) is 5.83. The first-order valence-electron chi connectivity index (χ1n) is 6.76. The Morgan fingerprint density at radius 1 is 1.19 bits per heavy atom.